The molecule has 1 N–H and O–H groups in total. The number of thiazole rings is 1. The minimum absolute atomic E-state index is 0.106. The van der Waals surface area contributed by atoms with Crippen LogP contribution in [-0.2, 0) is 6.61 Å². The van der Waals surface area contributed by atoms with Crippen molar-refractivity contribution >= 4 is 17.2 Å². The molecular formula is C20H17FN2O2S. The topological polar surface area (TPSA) is 51.2 Å². The zero-order valence-electron chi connectivity index (χ0n) is 13.9. The second-order valence-corrected chi connectivity index (χ2v) is 7.09. The first-order valence-electron chi connectivity index (χ1n) is 8.41. The summed E-state index contributed by atoms with van der Waals surface area (Å²) in [5, 5.41) is 5.51. The van der Waals surface area contributed by atoms with Crippen LogP contribution in [0.3, 0.4) is 0 Å². The number of nitrogens with one attached hydrogen (secondary N) is 1. The van der Waals surface area contributed by atoms with Gasteiger partial charge in [-0.25, -0.2) is 9.37 Å². The fourth-order valence-electron chi connectivity index (χ4n) is 2.48. The van der Waals surface area contributed by atoms with Crippen LogP contribution in [0.2, 0.25) is 0 Å². The molecule has 0 radical (unpaired) electrons. The van der Waals surface area contributed by atoms with Crippen molar-refractivity contribution in [3.8, 4) is 16.3 Å². The van der Waals surface area contributed by atoms with Gasteiger partial charge in [-0.2, -0.15) is 0 Å². The minimum Gasteiger partial charge on any atom is -0.489 e. The highest BCUT2D eigenvalue weighted by atomic mass is 32.1. The van der Waals surface area contributed by atoms with E-state index in [4.69, 9.17) is 4.74 Å². The molecule has 1 aromatic heterocycles. The van der Waals surface area contributed by atoms with E-state index in [1.54, 1.807) is 11.4 Å². The monoisotopic (exact) mass is 368 g/mol. The lowest BCUT2D eigenvalue weighted by Crippen LogP contribution is -2.25. The van der Waals surface area contributed by atoms with Crippen LogP contribution >= 0.6 is 11.3 Å². The average Bonchev–Trinajstić information content (AvgIpc) is 3.32. The maximum Gasteiger partial charge on any atom is 0.270 e. The van der Waals surface area contributed by atoms with Gasteiger partial charge in [0.15, 0.2) is 0 Å². The van der Waals surface area contributed by atoms with Crippen molar-refractivity contribution in [2.45, 2.75) is 25.5 Å². The number of carbonyl (C=O) groups is 1. The van der Waals surface area contributed by atoms with E-state index in [-0.39, 0.29) is 11.7 Å². The van der Waals surface area contributed by atoms with E-state index in [0.717, 1.165) is 29.0 Å². The van der Waals surface area contributed by atoms with Gasteiger partial charge in [0, 0.05) is 17.0 Å². The first kappa shape index (κ1) is 16.7. The quantitative estimate of drug-likeness (QED) is 0.701. The SMILES string of the molecule is O=C(NC1CC1)c1csc(-c2ccc(OCc3cccc(F)c3)cc2)n1. The molecule has 0 atom stereocenters. The highest BCUT2D eigenvalue weighted by molar-refractivity contribution is 7.13. The summed E-state index contributed by atoms with van der Waals surface area (Å²) in [5.74, 6) is 0.318. The van der Waals surface area contributed by atoms with Crippen molar-refractivity contribution in [1.29, 1.82) is 0 Å². The third-order valence-corrected chi connectivity index (χ3v) is 4.94. The summed E-state index contributed by atoms with van der Waals surface area (Å²) >= 11 is 1.44. The van der Waals surface area contributed by atoms with Crippen LogP contribution in [0.1, 0.15) is 28.9 Å². The van der Waals surface area contributed by atoms with Gasteiger partial charge >= 0.3 is 0 Å². The lowest BCUT2D eigenvalue weighted by Gasteiger charge is -2.07. The van der Waals surface area contributed by atoms with Crippen molar-refractivity contribution in [1.82, 2.24) is 10.3 Å². The standard InChI is InChI=1S/C20H17FN2O2S/c21-15-3-1-2-13(10-15)11-25-17-8-4-14(5-9-17)20-23-18(12-26-20)19(24)22-16-6-7-16/h1-5,8-10,12,16H,6-7,11H2,(H,22,24). The first-order chi connectivity index (χ1) is 12.7. The molecule has 0 spiro atoms. The van der Waals surface area contributed by atoms with E-state index < -0.39 is 0 Å². The Hall–Kier alpha value is -2.73. The number of nitrogens with zero attached hydrogens (tertiary/aromatic N) is 1. The first-order valence-corrected chi connectivity index (χ1v) is 9.29. The molecule has 1 amide bonds. The molecule has 2 aromatic carbocycles. The Balaban J connectivity index is 1.39. The maximum absolute atomic E-state index is 13.2. The molecule has 0 saturated heterocycles. The van der Waals surface area contributed by atoms with Gasteiger partial charge in [-0.3, -0.25) is 4.79 Å². The number of hydrogen-bond acceptors (Lipinski definition) is 4. The van der Waals surface area contributed by atoms with Crippen LogP contribution in [0.15, 0.2) is 53.9 Å². The zero-order valence-corrected chi connectivity index (χ0v) is 14.8. The van der Waals surface area contributed by atoms with Crippen molar-refractivity contribution in [2.24, 2.45) is 0 Å². The van der Waals surface area contributed by atoms with Crippen LogP contribution in [0, 0.1) is 5.82 Å². The van der Waals surface area contributed by atoms with Gasteiger partial charge in [-0.15, -0.1) is 11.3 Å². The van der Waals surface area contributed by atoms with Crippen LogP contribution in [0.25, 0.3) is 10.6 Å². The largest absolute Gasteiger partial charge is 0.489 e. The average molecular weight is 368 g/mol. The molecule has 3 aromatic rings. The minimum atomic E-state index is -0.272. The van der Waals surface area contributed by atoms with Gasteiger partial charge in [0.1, 0.15) is 28.9 Å². The van der Waals surface area contributed by atoms with Crippen molar-refractivity contribution in [3.05, 3.63) is 71.0 Å². The summed E-state index contributed by atoms with van der Waals surface area (Å²) in [6.07, 6.45) is 2.11. The van der Waals surface area contributed by atoms with Gasteiger partial charge < -0.3 is 10.1 Å². The summed E-state index contributed by atoms with van der Waals surface area (Å²) in [4.78, 5) is 16.4. The van der Waals surface area contributed by atoms with E-state index >= 15 is 0 Å². The Bertz CT molecular complexity index is 920. The molecule has 1 saturated carbocycles. The Morgan fingerprint density at radius 1 is 1.23 bits per heavy atom. The third-order valence-electron chi connectivity index (χ3n) is 4.05. The van der Waals surface area contributed by atoms with Crippen molar-refractivity contribution in [3.63, 3.8) is 0 Å². The second-order valence-electron chi connectivity index (χ2n) is 6.23. The lowest BCUT2D eigenvalue weighted by atomic mass is 10.2. The van der Waals surface area contributed by atoms with Crippen LogP contribution < -0.4 is 10.1 Å². The Morgan fingerprint density at radius 2 is 2.04 bits per heavy atom. The van der Waals surface area contributed by atoms with Gasteiger partial charge in [0.2, 0.25) is 0 Å². The van der Waals surface area contributed by atoms with Crippen molar-refractivity contribution in [2.75, 3.05) is 0 Å². The predicted molar refractivity (Wildman–Crippen MR) is 98.8 cm³/mol. The molecule has 0 aliphatic heterocycles. The summed E-state index contributed by atoms with van der Waals surface area (Å²) in [5.41, 5.74) is 2.17. The maximum atomic E-state index is 13.2. The molecule has 4 rings (SSSR count). The van der Waals surface area contributed by atoms with E-state index in [0.29, 0.717) is 24.1 Å². The number of aromatic nitrogens is 1. The third kappa shape index (κ3) is 4.08. The van der Waals surface area contributed by atoms with E-state index in [1.807, 2.05) is 30.3 Å². The molecule has 0 bridgehead atoms. The Labute approximate surface area is 154 Å². The van der Waals surface area contributed by atoms with Gasteiger partial charge in [0.25, 0.3) is 5.91 Å². The highest BCUT2D eigenvalue weighted by Gasteiger charge is 2.24. The smallest absolute Gasteiger partial charge is 0.270 e. The highest BCUT2D eigenvalue weighted by Crippen LogP contribution is 2.27. The molecule has 6 heteroatoms. The van der Waals surface area contributed by atoms with E-state index in [1.165, 1.54) is 23.5 Å². The summed E-state index contributed by atoms with van der Waals surface area (Å²) < 4.78 is 18.9. The number of ether oxygens (including phenoxy) is 1. The van der Waals surface area contributed by atoms with Crippen LogP contribution in [0.4, 0.5) is 4.39 Å². The normalized spacial score (nSPS) is 13.4. The van der Waals surface area contributed by atoms with Crippen LogP contribution in [-0.4, -0.2) is 16.9 Å². The predicted octanol–water partition coefficient (Wildman–Crippen LogP) is 4.42. The Morgan fingerprint density at radius 3 is 2.77 bits per heavy atom. The van der Waals surface area contributed by atoms with Gasteiger partial charge in [-0.1, -0.05) is 12.1 Å². The number of amides is 1. The number of hydrogen-bond donors (Lipinski definition) is 1. The number of benzene rings is 2. The number of halogens is 1. The lowest BCUT2D eigenvalue weighted by molar-refractivity contribution is 0.0947. The van der Waals surface area contributed by atoms with Gasteiger partial charge in [-0.05, 0) is 54.8 Å². The molecule has 26 heavy (non-hydrogen) atoms. The molecule has 1 heterocycles. The second kappa shape index (κ2) is 7.25. The molecule has 0 unspecified atom stereocenters. The molecule has 132 valence electrons. The molecule has 4 nitrogen and oxygen atoms in total. The van der Waals surface area contributed by atoms with E-state index in [2.05, 4.69) is 10.3 Å². The van der Waals surface area contributed by atoms with Crippen LogP contribution in [0.5, 0.6) is 5.75 Å². The van der Waals surface area contributed by atoms with Gasteiger partial charge in [0.05, 0.1) is 0 Å². The zero-order chi connectivity index (χ0) is 17.9. The van der Waals surface area contributed by atoms with Crippen molar-refractivity contribution < 1.29 is 13.9 Å². The Kier molecular flexibility index (Phi) is 4.67. The summed E-state index contributed by atoms with van der Waals surface area (Å²) in [6.45, 7) is 0.305. The molecular weight excluding hydrogens is 351 g/mol. The van der Waals surface area contributed by atoms with E-state index in [9.17, 15) is 9.18 Å². The number of rotatable bonds is 6. The fraction of sp³-hybridized carbons (Fsp3) is 0.200. The fourth-order valence-corrected chi connectivity index (χ4v) is 3.29. The summed E-state index contributed by atoms with van der Waals surface area (Å²) in [6, 6.07) is 14.2. The summed E-state index contributed by atoms with van der Waals surface area (Å²) in [7, 11) is 0. The molecule has 1 aliphatic rings. The molecule has 1 fully saturated rings. The number of carbonyl (C=O) groups excluding carboxylic acids is 1. The molecule has 1 aliphatic carbocycles.